The van der Waals surface area contributed by atoms with Crippen LogP contribution in [0.1, 0.15) is 40.7 Å². The van der Waals surface area contributed by atoms with Gasteiger partial charge in [-0.2, -0.15) is 0 Å². The predicted molar refractivity (Wildman–Crippen MR) is 86.6 cm³/mol. The molecule has 114 valence electrons. The van der Waals surface area contributed by atoms with Crippen molar-refractivity contribution in [2.75, 3.05) is 11.9 Å². The first kappa shape index (κ1) is 15.4. The molecule has 0 saturated carbocycles. The van der Waals surface area contributed by atoms with Gasteiger partial charge in [-0.15, -0.1) is 0 Å². The molecule has 21 heavy (non-hydrogen) atoms. The Hall–Kier alpha value is -2.04. The van der Waals surface area contributed by atoms with Crippen LogP contribution in [-0.2, 0) is 0 Å². The molecule has 0 aliphatic rings. The zero-order valence-corrected chi connectivity index (χ0v) is 13.4. The number of imidazole rings is 1. The van der Waals surface area contributed by atoms with Crippen LogP contribution in [0.25, 0.3) is 11.0 Å². The van der Waals surface area contributed by atoms with Crippen molar-refractivity contribution < 1.29 is 4.79 Å². The van der Waals surface area contributed by atoms with Crippen LogP contribution in [0.3, 0.4) is 0 Å². The molecule has 0 aliphatic carbocycles. The summed E-state index contributed by atoms with van der Waals surface area (Å²) in [6.45, 7) is 11.1. The SMILES string of the molecule is CC(C)n1cnc2cc(NC(=O)NCC(C)(C)C)ccc21. The number of rotatable bonds is 3. The summed E-state index contributed by atoms with van der Waals surface area (Å²) in [6.07, 6.45) is 1.83. The minimum atomic E-state index is -0.187. The minimum absolute atomic E-state index is 0.0668. The summed E-state index contributed by atoms with van der Waals surface area (Å²) in [5, 5.41) is 5.71. The second-order valence-electron chi connectivity index (χ2n) is 6.82. The van der Waals surface area contributed by atoms with Gasteiger partial charge in [-0.1, -0.05) is 20.8 Å². The summed E-state index contributed by atoms with van der Waals surface area (Å²) in [5.74, 6) is 0. The summed E-state index contributed by atoms with van der Waals surface area (Å²) in [6, 6.07) is 5.96. The quantitative estimate of drug-likeness (QED) is 0.903. The number of hydrogen-bond acceptors (Lipinski definition) is 2. The van der Waals surface area contributed by atoms with Crippen molar-refractivity contribution in [1.29, 1.82) is 0 Å². The molecule has 0 fully saturated rings. The van der Waals surface area contributed by atoms with Crippen molar-refractivity contribution in [1.82, 2.24) is 14.9 Å². The number of fused-ring (bicyclic) bond motifs is 1. The van der Waals surface area contributed by atoms with E-state index < -0.39 is 0 Å². The number of amides is 2. The first-order valence-corrected chi connectivity index (χ1v) is 7.28. The Morgan fingerprint density at radius 2 is 2.05 bits per heavy atom. The van der Waals surface area contributed by atoms with Crippen molar-refractivity contribution in [3.05, 3.63) is 24.5 Å². The molecule has 0 atom stereocenters. The molecule has 2 aromatic rings. The predicted octanol–water partition coefficient (Wildman–Crippen LogP) is 3.78. The molecular weight excluding hydrogens is 264 g/mol. The van der Waals surface area contributed by atoms with Gasteiger partial charge in [0, 0.05) is 18.3 Å². The molecule has 0 saturated heterocycles. The Labute approximate surface area is 125 Å². The average Bonchev–Trinajstić information content (AvgIpc) is 2.78. The monoisotopic (exact) mass is 288 g/mol. The van der Waals surface area contributed by atoms with Crippen molar-refractivity contribution in [2.24, 2.45) is 5.41 Å². The van der Waals surface area contributed by atoms with Gasteiger partial charge in [0.25, 0.3) is 0 Å². The summed E-state index contributed by atoms with van der Waals surface area (Å²) >= 11 is 0. The number of nitrogens with one attached hydrogen (secondary N) is 2. The number of hydrogen-bond donors (Lipinski definition) is 2. The van der Waals surface area contributed by atoms with E-state index in [-0.39, 0.29) is 11.4 Å². The van der Waals surface area contributed by atoms with E-state index in [9.17, 15) is 4.79 Å². The van der Waals surface area contributed by atoms with E-state index in [0.29, 0.717) is 12.6 Å². The topological polar surface area (TPSA) is 59.0 Å². The number of anilines is 1. The fraction of sp³-hybridized carbons (Fsp3) is 0.500. The fourth-order valence-electron chi connectivity index (χ4n) is 2.04. The van der Waals surface area contributed by atoms with Crippen LogP contribution in [0.15, 0.2) is 24.5 Å². The summed E-state index contributed by atoms with van der Waals surface area (Å²) in [4.78, 5) is 16.2. The van der Waals surface area contributed by atoms with Gasteiger partial charge in [0.05, 0.1) is 17.4 Å². The number of benzene rings is 1. The smallest absolute Gasteiger partial charge is 0.319 e. The number of urea groups is 1. The third kappa shape index (κ3) is 3.97. The highest BCUT2D eigenvalue weighted by Gasteiger charge is 2.12. The van der Waals surface area contributed by atoms with E-state index in [0.717, 1.165) is 16.7 Å². The average molecular weight is 288 g/mol. The van der Waals surface area contributed by atoms with Crippen LogP contribution in [0.2, 0.25) is 0 Å². The zero-order valence-electron chi connectivity index (χ0n) is 13.4. The number of nitrogens with zero attached hydrogens (tertiary/aromatic N) is 2. The van der Waals surface area contributed by atoms with Crippen molar-refractivity contribution in [2.45, 2.75) is 40.7 Å². The Morgan fingerprint density at radius 1 is 1.33 bits per heavy atom. The third-order valence-corrected chi connectivity index (χ3v) is 3.17. The molecule has 0 aliphatic heterocycles. The van der Waals surface area contributed by atoms with Gasteiger partial charge in [0.2, 0.25) is 0 Å². The molecule has 2 N–H and O–H groups in total. The van der Waals surface area contributed by atoms with Crippen LogP contribution in [-0.4, -0.2) is 22.1 Å². The van der Waals surface area contributed by atoms with Crippen molar-refractivity contribution in [3.63, 3.8) is 0 Å². The van der Waals surface area contributed by atoms with Crippen molar-refractivity contribution in [3.8, 4) is 0 Å². The molecule has 2 rings (SSSR count). The van der Waals surface area contributed by atoms with E-state index in [4.69, 9.17) is 0 Å². The van der Waals surface area contributed by atoms with Gasteiger partial charge in [0.1, 0.15) is 0 Å². The molecule has 0 radical (unpaired) electrons. The molecule has 1 heterocycles. The zero-order chi connectivity index (χ0) is 15.6. The Balaban J connectivity index is 2.08. The highest BCUT2D eigenvalue weighted by molar-refractivity contribution is 5.91. The minimum Gasteiger partial charge on any atom is -0.337 e. The second kappa shape index (κ2) is 5.76. The molecule has 2 amide bonds. The highest BCUT2D eigenvalue weighted by atomic mass is 16.2. The summed E-state index contributed by atoms with van der Waals surface area (Å²) in [5.41, 5.74) is 2.78. The lowest BCUT2D eigenvalue weighted by Gasteiger charge is -2.18. The molecule has 0 unspecified atom stereocenters. The standard InChI is InChI=1S/C16H24N4O/c1-11(2)20-10-18-13-8-12(6-7-14(13)20)19-15(21)17-9-16(3,4)5/h6-8,10-11H,9H2,1-5H3,(H2,17,19,21). The van der Waals surface area contributed by atoms with E-state index in [2.05, 4.69) is 54.8 Å². The normalized spacial score (nSPS) is 11.9. The van der Waals surface area contributed by atoms with Crippen LogP contribution < -0.4 is 10.6 Å². The van der Waals surface area contributed by atoms with Gasteiger partial charge in [-0.3, -0.25) is 0 Å². The Morgan fingerprint density at radius 3 is 2.67 bits per heavy atom. The first-order valence-electron chi connectivity index (χ1n) is 7.28. The van der Waals surface area contributed by atoms with Crippen molar-refractivity contribution >= 4 is 22.8 Å². The maximum Gasteiger partial charge on any atom is 0.319 e. The maximum absolute atomic E-state index is 11.9. The maximum atomic E-state index is 11.9. The molecule has 1 aromatic heterocycles. The van der Waals surface area contributed by atoms with E-state index in [1.807, 2.05) is 24.5 Å². The van der Waals surface area contributed by atoms with Crippen LogP contribution in [0.4, 0.5) is 10.5 Å². The lowest BCUT2D eigenvalue weighted by molar-refractivity contribution is 0.247. The number of aromatic nitrogens is 2. The lowest BCUT2D eigenvalue weighted by atomic mass is 9.97. The van der Waals surface area contributed by atoms with Gasteiger partial charge < -0.3 is 15.2 Å². The van der Waals surface area contributed by atoms with E-state index >= 15 is 0 Å². The van der Waals surface area contributed by atoms with Gasteiger partial charge >= 0.3 is 6.03 Å². The van der Waals surface area contributed by atoms with Crippen LogP contribution >= 0.6 is 0 Å². The number of carbonyl (C=O) groups excluding carboxylic acids is 1. The second-order valence-corrected chi connectivity index (χ2v) is 6.82. The third-order valence-electron chi connectivity index (χ3n) is 3.17. The van der Waals surface area contributed by atoms with Crippen LogP contribution in [0, 0.1) is 5.41 Å². The summed E-state index contributed by atoms with van der Waals surface area (Å²) in [7, 11) is 0. The first-order chi connectivity index (χ1) is 9.76. The van der Waals surface area contributed by atoms with Gasteiger partial charge in [0.15, 0.2) is 0 Å². The fourth-order valence-corrected chi connectivity index (χ4v) is 2.04. The lowest BCUT2D eigenvalue weighted by Crippen LogP contribution is -2.35. The Bertz CT molecular complexity index is 637. The van der Waals surface area contributed by atoms with E-state index in [1.165, 1.54) is 0 Å². The largest absolute Gasteiger partial charge is 0.337 e. The number of carbonyl (C=O) groups is 1. The molecule has 0 bridgehead atoms. The summed E-state index contributed by atoms with van der Waals surface area (Å²) < 4.78 is 2.11. The molecular formula is C16H24N4O. The van der Waals surface area contributed by atoms with E-state index in [1.54, 1.807) is 0 Å². The Kier molecular flexibility index (Phi) is 4.21. The molecule has 1 aromatic carbocycles. The van der Waals surface area contributed by atoms with Gasteiger partial charge in [-0.05, 0) is 37.5 Å². The molecule has 5 nitrogen and oxygen atoms in total. The molecule has 0 spiro atoms. The van der Waals surface area contributed by atoms with Gasteiger partial charge in [-0.25, -0.2) is 9.78 Å². The van der Waals surface area contributed by atoms with Crippen LogP contribution in [0.5, 0.6) is 0 Å². The highest BCUT2D eigenvalue weighted by Crippen LogP contribution is 2.21. The molecule has 5 heteroatoms.